The number of hydrogen-bond donors (Lipinski definition) is 2. The molecule has 1 aliphatic heterocycles. The van der Waals surface area contributed by atoms with Gasteiger partial charge >= 0.3 is 6.09 Å². The molecule has 1 saturated heterocycles. The molecule has 6 nitrogen and oxygen atoms in total. The van der Waals surface area contributed by atoms with Crippen molar-refractivity contribution in [2.45, 2.75) is 26.4 Å². The van der Waals surface area contributed by atoms with E-state index in [1.165, 1.54) is 10.5 Å². The van der Waals surface area contributed by atoms with Gasteiger partial charge in [0.25, 0.3) is 0 Å². The van der Waals surface area contributed by atoms with Crippen molar-refractivity contribution in [1.82, 2.24) is 4.90 Å². The fourth-order valence-electron chi connectivity index (χ4n) is 2.83. The van der Waals surface area contributed by atoms with E-state index >= 15 is 0 Å². The number of rotatable bonds is 7. The van der Waals surface area contributed by atoms with E-state index in [9.17, 15) is 9.90 Å². The summed E-state index contributed by atoms with van der Waals surface area (Å²) in [5, 5.41) is 10.2. The molecule has 0 spiro atoms. The summed E-state index contributed by atoms with van der Waals surface area (Å²) in [7, 11) is 0. The Morgan fingerprint density at radius 1 is 1.25 bits per heavy atom. The van der Waals surface area contributed by atoms with Gasteiger partial charge in [0.2, 0.25) is 0 Å². The van der Waals surface area contributed by atoms with E-state index in [0.29, 0.717) is 26.2 Å². The van der Waals surface area contributed by atoms with Crippen LogP contribution in [0.3, 0.4) is 0 Å². The Morgan fingerprint density at radius 3 is 2.50 bits per heavy atom. The lowest BCUT2D eigenvalue weighted by molar-refractivity contribution is -0.907. The van der Waals surface area contributed by atoms with Crippen LogP contribution in [0, 0.1) is 0 Å². The number of piperazine rings is 1. The first-order valence-corrected chi connectivity index (χ1v) is 8.77. The molecule has 1 aromatic rings. The van der Waals surface area contributed by atoms with Crippen molar-refractivity contribution in [2.24, 2.45) is 0 Å². The highest BCUT2D eigenvalue weighted by molar-refractivity contribution is 5.67. The van der Waals surface area contributed by atoms with Crippen molar-refractivity contribution in [1.29, 1.82) is 0 Å². The van der Waals surface area contributed by atoms with Gasteiger partial charge in [-0.15, -0.1) is 0 Å². The van der Waals surface area contributed by atoms with E-state index in [2.05, 4.69) is 6.92 Å². The van der Waals surface area contributed by atoms with Crippen molar-refractivity contribution in [3.05, 3.63) is 29.8 Å². The Hall–Kier alpha value is -1.79. The molecule has 0 aromatic heterocycles. The number of nitrogens with one attached hydrogen (secondary N) is 1. The molecule has 134 valence electrons. The van der Waals surface area contributed by atoms with Crippen LogP contribution in [0.2, 0.25) is 0 Å². The largest absolute Gasteiger partial charge is 0.491 e. The minimum atomic E-state index is -0.514. The lowest BCUT2D eigenvalue weighted by Gasteiger charge is -2.32. The number of aryl methyl sites for hydroxylation is 1. The van der Waals surface area contributed by atoms with Crippen LogP contribution in [-0.2, 0) is 11.2 Å². The van der Waals surface area contributed by atoms with Gasteiger partial charge in [-0.2, -0.15) is 0 Å². The van der Waals surface area contributed by atoms with E-state index in [0.717, 1.165) is 25.3 Å². The topological polar surface area (TPSA) is 63.4 Å². The summed E-state index contributed by atoms with van der Waals surface area (Å²) in [5.74, 6) is 0.786. The summed E-state index contributed by atoms with van der Waals surface area (Å²) in [4.78, 5) is 14.7. The molecular formula is C18H29N2O4+. The molecular weight excluding hydrogens is 308 g/mol. The van der Waals surface area contributed by atoms with E-state index in [1.807, 2.05) is 31.2 Å². The summed E-state index contributed by atoms with van der Waals surface area (Å²) >= 11 is 0. The molecule has 0 unspecified atom stereocenters. The Bertz CT molecular complexity index is 498. The molecule has 1 fully saturated rings. The summed E-state index contributed by atoms with van der Waals surface area (Å²) in [6.07, 6.45) is 0.250. The Kier molecular flexibility index (Phi) is 7.34. The average molecular weight is 337 g/mol. The van der Waals surface area contributed by atoms with E-state index in [-0.39, 0.29) is 12.7 Å². The van der Waals surface area contributed by atoms with Gasteiger partial charge in [-0.1, -0.05) is 19.1 Å². The monoisotopic (exact) mass is 337 g/mol. The van der Waals surface area contributed by atoms with E-state index in [4.69, 9.17) is 9.47 Å². The number of nitrogens with zero attached hydrogens (tertiary/aromatic N) is 1. The maximum absolute atomic E-state index is 11.7. The highest BCUT2D eigenvalue weighted by atomic mass is 16.6. The smallest absolute Gasteiger partial charge is 0.410 e. The number of quaternary nitrogens is 1. The maximum atomic E-state index is 11.7. The number of carbonyl (C=O) groups excluding carboxylic acids is 1. The highest BCUT2D eigenvalue weighted by Crippen LogP contribution is 2.12. The Balaban J connectivity index is 1.67. The summed E-state index contributed by atoms with van der Waals surface area (Å²) in [5.41, 5.74) is 1.27. The van der Waals surface area contributed by atoms with Crippen molar-refractivity contribution in [3.63, 3.8) is 0 Å². The van der Waals surface area contributed by atoms with Gasteiger partial charge in [0.05, 0.1) is 32.8 Å². The molecule has 2 rings (SSSR count). The van der Waals surface area contributed by atoms with Gasteiger partial charge < -0.3 is 19.5 Å². The normalized spacial score (nSPS) is 16.7. The Morgan fingerprint density at radius 2 is 1.92 bits per heavy atom. The number of hydrogen-bond acceptors (Lipinski definition) is 4. The minimum Gasteiger partial charge on any atom is -0.491 e. The summed E-state index contributed by atoms with van der Waals surface area (Å²) in [6.45, 7) is 8.22. The summed E-state index contributed by atoms with van der Waals surface area (Å²) < 4.78 is 10.7. The first-order chi connectivity index (χ1) is 11.6. The molecule has 1 heterocycles. The lowest BCUT2D eigenvalue weighted by atomic mass is 10.2. The van der Waals surface area contributed by atoms with Gasteiger partial charge in [0.15, 0.2) is 0 Å². The van der Waals surface area contributed by atoms with Crippen LogP contribution in [0.4, 0.5) is 4.79 Å². The molecule has 1 aromatic carbocycles. The zero-order valence-corrected chi connectivity index (χ0v) is 14.7. The first-order valence-electron chi connectivity index (χ1n) is 8.77. The SMILES string of the molecule is CCOC(=O)N1CC[NH+](C[C@@H](O)COc2ccc(CC)cc2)CC1. The predicted octanol–water partition coefficient (Wildman–Crippen LogP) is 0.346. The molecule has 24 heavy (non-hydrogen) atoms. The third-order valence-electron chi connectivity index (χ3n) is 4.29. The van der Waals surface area contributed by atoms with Crippen LogP contribution in [-0.4, -0.2) is 68.1 Å². The van der Waals surface area contributed by atoms with Crippen LogP contribution < -0.4 is 9.64 Å². The quantitative estimate of drug-likeness (QED) is 0.753. The van der Waals surface area contributed by atoms with Gasteiger partial charge in [-0.05, 0) is 31.0 Å². The first kappa shape index (κ1) is 18.5. The zero-order chi connectivity index (χ0) is 17.4. The molecule has 0 radical (unpaired) electrons. The maximum Gasteiger partial charge on any atom is 0.410 e. The lowest BCUT2D eigenvalue weighted by Crippen LogP contribution is -3.16. The van der Waals surface area contributed by atoms with Crippen LogP contribution in [0.25, 0.3) is 0 Å². The van der Waals surface area contributed by atoms with Crippen molar-refractivity contribution >= 4 is 6.09 Å². The van der Waals surface area contributed by atoms with Crippen LogP contribution in [0.5, 0.6) is 5.75 Å². The molecule has 0 bridgehead atoms. The fraction of sp³-hybridized carbons (Fsp3) is 0.611. The highest BCUT2D eigenvalue weighted by Gasteiger charge is 2.26. The second kappa shape index (κ2) is 9.49. The second-order valence-electron chi connectivity index (χ2n) is 6.10. The molecule has 1 aliphatic rings. The summed E-state index contributed by atoms with van der Waals surface area (Å²) in [6, 6.07) is 7.97. The third-order valence-corrected chi connectivity index (χ3v) is 4.29. The number of aliphatic hydroxyl groups excluding tert-OH is 1. The molecule has 0 saturated carbocycles. The van der Waals surface area contributed by atoms with Crippen molar-refractivity contribution in [2.75, 3.05) is 45.9 Å². The Labute approximate surface area is 144 Å². The molecule has 1 amide bonds. The standard InChI is InChI=1S/C18H28N2O4/c1-3-15-5-7-17(8-6-15)24-14-16(21)13-19-9-11-20(12-10-19)18(22)23-4-2/h5-8,16,21H,3-4,9-14H2,1-2H3/p+1/t16-/m1/s1. The van der Waals surface area contributed by atoms with E-state index in [1.54, 1.807) is 4.90 Å². The van der Waals surface area contributed by atoms with Gasteiger partial charge in [0, 0.05) is 0 Å². The van der Waals surface area contributed by atoms with E-state index < -0.39 is 6.10 Å². The molecule has 0 aliphatic carbocycles. The van der Waals surface area contributed by atoms with Gasteiger partial charge in [-0.25, -0.2) is 4.79 Å². The predicted molar refractivity (Wildman–Crippen MR) is 91.5 cm³/mol. The number of carbonyl (C=O) groups is 1. The zero-order valence-electron chi connectivity index (χ0n) is 14.7. The number of ether oxygens (including phenoxy) is 2. The van der Waals surface area contributed by atoms with Crippen molar-refractivity contribution < 1.29 is 24.3 Å². The molecule has 1 atom stereocenters. The van der Waals surface area contributed by atoms with Gasteiger partial charge in [-0.3, -0.25) is 4.90 Å². The van der Waals surface area contributed by atoms with Gasteiger partial charge in [0.1, 0.15) is 25.0 Å². The number of amides is 1. The van der Waals surface area contributed by atoms with Crippen LogP contribution in [0.15, 0.2) is 24.3 Å². The van der Waals surface area contributed by atoms with Crippen LogP contribution >= 0.6 is 0 Å². The number of aliphatic hydroxyl groups is 1. The average Bonchev–Trinajstić information content (AvgIpc) is 2.61. The van der Waals surface area contributed by atoms with Crippen molar-refractivity contribution in [3.8, 4) is 5.75 Å². The van der Waals surface area contributed by atoms with Crippen LogP contribution in [0.1, 0.15) is 19.4 Å². The number of benzene rings is 1. The fourth-order valence-corrected chi connectivity index (χ4v) is 2.83. The minimum absolute atomic E-state index is 0.240. The molecule has 6 heteroatoms. The third kappa shape index (κ3) is 5.69. The second-order valence-corrected chi connectivity index (χ2v) is 6.10. The molecule has 2 N–H and O–H groups in total.